The second kappa shape index (κ2) is 6.75. The fourth-order valence-electron chi connectivity index (χ4n) is 3.06. The number of para-hydroxylation sites is 2. The van der Waals surface area contributed by atoms with Crippen LogP contribution in [0, 0.1) is 0 Å². The van der Waals surface area contributed by atoms with Crippen LogP contribution in [0.25, 0.3) is 22.2 Å². The Morgan fingerprint density at radius 2 is 1.96 bits per heavy atom. The fraction of sp³-hybridized carbons (Fsp3) is 0.250. The summed E-state index contributed by atoms with van der Waals surface area (Å²) in [6.07, 6.45) is 2.43. The summed E-state index contributed by atoms with van der Waals surface area (Å²) in [6.45, 7) is 4.35. The van der Waals surface area contributed by atoms with E-state index < -0.39 is 0 Å². The Labute approximate surface area is 156 Å². The van der Waals surface area contributed by atoms with Gasteiger partial charge in [-0.1, -0.05) is 19.1 Å². The summed E-state index contributed by atoms with van der Waals surface area (Å²) in [5, 5.41) is 2.98. The first kappa shape index (κ1) is 17.1. The number of carbonyl (C=O) groups excluding carboxylic acids is 1. The van der Waals surface area contributed by atoms with E-state index in [1.54, 1.807) is 10.8 Å². The standard InChI is InChI=1S/C20H21N5O2/c1-3-12(2)22-20(26)16-17-19(24-15-9-5-4-8-14(15)23-17)25(18(16)21)11-13-7-6-10-27-13/h4-10,12H,3,11,21H2,1-2H3,(H,22,26)/t12-/m1/s1. The lowest BCUT2D eigenvalue weighted by Crippen LogP contribution is -2.32. The van der Waals surface area contributed by atoms with Crippen LogP contribution in [0.2, 0.25) is 0 Å². The van der Waals surface area contributed by atoms with Crippen LogP contribution in [0.15, 0.2) is 47.1 Å². The maximum absolute atomic E-state index is 12.9. The number of fused-ring (bicyclic) bond motifs is 2. The summed E-state index contributed by atoms with van der Waals surface area (Å²) in [7, 11) is 0. The molecule has 1 aromatic carbocycles. The molecule has 0 spiro atoms. The van der Waals surface area contributed by atoms with Crippen LogP contribution in [-0.2, 0) is 6.54 Å². The normalized spacial score (nSPS) is 12.5. The van der Waals surface area contributed by atoms with Crippen LogP contribution < -0.4 is 11.1 Å². The highest BCUT2D eigenvalue weighted by Gasteiger charge is 2.25. The molecule has 27 heavy (non-hydrogen) atoms. The second-order valence-electron chi connectivity index (χ2n) is 6.59. The van der Waals surface area contributed by atoms with Crippen LogP contribution in [0.1, 0.15) is 36.4 Å². The van der Waals surface area contributed by atoms with Gasteiger partial charge in [-0.05, 0) is 37.6 Å². The molecule has 138 valence electrons. The van der Waals surface area contributed by atoms with Crippen molar-refractivity contribution in [3.05, 3.63) is 54.0 Å². The average molecular weight is 363 g/mol. The molecule has 0 radical (unpaired) electrons. The molecule has 0 aliphatic heterocycles. The van der Waals surface area contributed by atoms with Crippen LogP contribution in [0.3, 0.4) is 0 Å². The van der Waals surface area contributed by atoms with Gasteiger partial charge in [0.1, 0.15) is 22.7 Å². The number of rotatable bonds is 5. The lowest BCUT2D eigenvalue weighted by molar-refractivity contribution is 0.0941. The van der Waals surface area contributed by atoms with Crippen molar-refractivity contribution in [3.8, 4) is 0 Å². The molecule has 3 N–H and O–H groups in total. The molecule has 7 heteroatoms. The molecular weight excluding hydrogens is 342 g/mol. The van der Waals surface area contributed by atoms with Gasteiger partial charge in [0.25, 0.3) is 5.91 Å². The van der Waals surface area contributed by atoms with Gasteiger partial charge in [-0.15, -0.1) is 0 Å². The third kappa shape index (κ3) is 3.01. The number of aromatic nitrogens is 3. The Bertz CT molecular complexity index is 1110. The Morgan fingerprint density at radius 3 is 2.63 bits per heavy atom. The first-order valence-corrected chi connectivity index (χ1v) is 8.96. The molecular formula is C20H21N5O2. The molecule has 3 aromatic heterocycles. The molecule has 0 bridgehead atoms. The number of nitrogens with two attached hydrogens (primary N) is 1. The van der Waals surface area contributed by atoms with E-state index in [0.717, 1.165) is 23.2 Å². The fourth-order valence-corrected chi connectivity index (χ4v) is 3.06. The quantitative estimate of drug-likeness (QED) is 0.566. The van der Waals surface area contributed by atoms with Crippen LogP contribution in [-0.4, -0.2) is 26.5 Å². The lowest BCUT2D eigenvalue weighted by atomic mass is 10.2. The van der Waals surface area contributed by atoms with Crippen LogP contribution >= 0.6 is 0 Å². The average Bonchev–Trinajstić information content (AvgIpc) is 3.27. The number of carbonyl (C=O) groups is 1. The number of furan rings is 1. The molecule has 4 aromatic rings. The van der Waals surface area contributed by atoms with Gasteiger partial charge in [-0.2, -0.15) is 0 Å². The van der Waals surface area contributed by atoms with Gasteiger partial charge >= 0.3 is 0 Å². The Kier molecular flexibility index (Phi) is 4.27. The van der Waals surface area contributed by atoms with Gasteiger partial charge in [0.2, 0.25) is 0 Å². The summed E-state index contributed by atoms with van der Waals surface area (Å²) < 4.78 is 7.23. The summed E-state index contributed by atoms with van der Waals surface area (Å²) in [5.41, 5.74) is 9.28. The van der Waals surface area contributed by atoms with Gasteiger partial charge < -0.3 is 20.0 Å². The van der Waals surface area contributed by atoms with Crippen molar-refractivity contribution in [2.75, 3.05) is 5.73 Å². The highest BCUT2D eigenvalue weighted by Crippen LogP contribution is 2.28. The third-order valence-electron chi connectivity index (χ3n) is 4.70. The SMILES string of the molecule is CC[C@@H](C)NC(=O)c1c(N)n(Cc2ccco2)c2nc3ccccc3nc12. The molecule has 4 rings (SSSR count). The second-order valence-corrected chi connectivity index (χ2v) is 6.59. The summed E-state index contributed by atoms with van der Waals surface area (Å²) in [4.78, 5) is 22.3. The topological polar surface area (TPSA) is 99.0 Å². The van der Waals surface area contributed by atoms with Crippen LogP contribution in [0.4, 0.5) is 5.82 Å². The third-order valence-corrected chi connectivity index (χ3v) is 4.70. The Hall–Kier alpha value is -3.35. The van der Waals surface area contributed by atoms with E-state index >= 15 is 0 Å². The zero-order valence-electron chi connectivity index (χ0n) is 15.3. The number of hydrogen-bond acceptors (Lipinski definition) is 5. The highest BCUT2D eigenvalue weighted by atomic mass is 16.3. The number of benzene rings is 1. The predicted molar refractivity (Wildman–Crippen MR) is 104 cm³/mol. The number of nitrogens with zero attached hydrogens (tertiary/aromatic N) is 3. The predicted octanol–water partition coefficient (Wildman–Crippen LogP) is 3.34. The minimum absolute atomic E-state index is 0.0359. The van der Waals surface area contributed by atoms with Gasteiger partial charge in [-0.3, -0.25) is 4.79 Å². The molecule has 0 saturated carbocycles. The van der Waals surface area contributed by atoms with Crippen molar-refractivity contribution in [2.45, 2.75) is 32.9 Å². The number of nitrogens with one attached hydrogen (secondary N) is 1. The minimum Gasteiger partial charge on any atom is -0.467 e. The maximum Gasteiger partial charge on any atom is 0.257 e. The van der Waals surface area contributed by atoms with E-state index in [1.165, 1.54) is 0 Å². The van der Waals surface area contributed by atoms with E-state index in [0.29, 0.717) is 29.1 Å². The van der Waals surface area contributed by atoms with Gasteiger partial charge in [-0.25, -0.2) is 9.97 Å². The first-order chi connectivity index (χ1) is 13.1. The minimum atomic E-state index is -0.241. The summed E-state index contributed by atoms with van der Waals surface area (Å²) in [5.74, 6) is 0.814. The van der Waals surface area contributed by atoms with Crippen molar-refractivity contribution in [2.24, 2.45) is 0 Å². The maximum atomic E-state index is 12.9. The Morgan fingerprint density at radius 1 is 1.22 bits per heavy atom. The van der Waals surface area contributed by atoms with Crippen molar-refractivity contribution in [3.63, 3.8) is 0 Å². The number of hydrogen-bond donors (Lipinski definition) is 2. The van der Waals surface area contributed by atoms with E-state index in [9.17, 15) is 4.79 Å². The molecule has 0 fully saturated rings. The van der Waals surface area contributed by atoms with E-state index in [-0.39, 0.29) is 11.9 Å². The van der Waals surface area contributed by atoms with Crippen molar-refractivity contribution < 1.29 is 9.21 Å². The number of anilines is 1. The number of nitrogen functional groups attached to an aromatic ring is 1. The van der Waals surface area contributed by atoms with Crippen molar-refractivity contribution >= 4 is 33.9 Å². The summed E-state index contributed by atoms with van der Waals surface area (Å²) in [6, 6.07) is 11.3. The first-order valence-electron chi connectivity index (χ1n) is 8.96. The molecule has 0 aliphatic carbocycles. The lowest BCUT2D eigenvalue weighted by Gasteiger charge is -2.11. The highest BCUT2D eigenvalue weighted by molar-refractivity contribution is 6.10. The molecule has 0 aliphatic rings. The summed E-state index contributed by atoms with van der Waals surface area (Å²) >= 11 is 0. The van der Waals surface area contributed by atoms with Gasteiger partial charge in [0.05, 0.1) is 23.8 Å². The molecule has 3 heterocycles. The monoisotopic (exact) mass is 363 g/mol. The van der Waals surface area contributed by atoms with Gasteiger partial charge in [0, 0.05) is 6.04 Å². The smallest absolute Gasteiger partial charge is 0.257 e. The molecule has 0 saturated heterocycles. The molecule has 7 nitrogen and oxygen atoms in total. The zero-order valence-corrected chi connectivity index (χ0v) is 15.3. The van der Waals surface area contributed by atoms with Crippen LogP contribution in [0.5, 0.6) is 0 Å². The van der Waals surface area contributed by atoms with E-state index in [4.69, 9.17) is 15.1 Å². The molecule has 0 unspecified atom stereocenters. The molecule has 1 atom stereocenters. The Balaban J connectivity index is 1.93. The largest absolute Gasteiger partial charge is 0.467 e. The van der Waals surface area contributed by atoms with Crippen molar-refractivity contribution in [1.29, 1.82) is 0 Å². The number of amides is 1. The van der Waals surface area contributed by atoms with Gasteiger partial charge in [0.15, 0.2) is 5.65 Å². The van der Waals surface area contributed by atoms with E-state index in [2.05, 4.69) is 10.3 Å². The molecule has 1 amide bonds. The van der Waals surface area contributed by atoms with E-state index in [1.807, 2.05) is 50.2 Å². The van der Waals surface area contributed by atoms with Crippen molar-refractivity contribution in [1.82, 2.24) is 19.9 Å². The zero-order chi connectivity index (χ0) is 19.0.